The number of rotatable bonds is 4. The predicted octanol–water partition coefficient (Wildman–Crippen LogP) is 3.96. The van der Waals surface area contributed by atoms with E-state index in [0.717, 1.165) is 5.56 Å². The summed E-state index contributed by atoms with van der Waals surface area (Å²) in [6.45, 7) is 1.93. The number of alkyl halides is 2. The number of anilines is 1. The molecule has 3 nitrogen and oxygen atoms in total. The van der Waals surface area contributed by atoms with Crippen LogP contribution in [0.2, 0.25) is 0 Å². The average Bonchev–Trinajstić information content (AvgIpc) is 2.41. The molecular weight excluding hydrogens is 282 g/mol. The van der Waals surface area contributed by atoms with Gasteiger partial charge in [0.25, 0.3) is 11.7 Å². The molecular formula is C14H12F2N2OS. The highest BCUT2D eigenvalue weighted by Crippen LogP contribution is 2.26. The number of aryl methyl sites for hydroxylation is 1. The molecule has 0 saturated carbocycles. The van der Waals surface area contributed by atoms with E-state index in [1.54, 1.807) is 18.2 Å². The van der Waals surface area contributed by atoms with Gasteiger partial charge in [-0.15, -0.1) is 0 Å². The van der Waals surface area contributed by atoms with Crippen molar-refractivity contribution in [2.75, 3.05) is 5.32 Å². The Balaban J connectivity index is 2.18. The Hall–Kier alpha value is -1.95. The van der Waals surface area contributed by atoms with Gasteiger partial charge < -0.3 is 5.32 Å². The van der Waals surface area contributed by atoms with E-state index in [0.29, 0.717) is 5.69 Å². The summed E-state index contributed by atoms with van der Waals surface area (Å²) in [7, 11) is 0. The Morgan fingerprint density at radius 3 is 2.60 bits per heavy atom. The molecule has 0 fully saturated rings. The molecule has 1 amide bonds. The molecule has 0 aliphatic heterocycles. The van der Waals surface area contributed by atoms with Crippen molar-refractivity contribution in [1.82, 2.24) is 4.98 Å². The van der Waals surface area contributed by atoms with Crippen LogP contribution in [-0.2, 0) is 0 Å². The summed E-state index contributed by atoms with van der Waals surface area (Å²) in [6.07, 6.45) is 1.38. The van der Waals surface area contributed by atoms with Crippen molar-refractivity contribution in [3.05, 3.63) is 53.7 Å². The molecule has 0 unspecified atom stereocenters. The van der Waals surface area contributed by atoms with E-state index in [1.807, 2.05) is 19.1 Å². The lowest BCUT2D eigenvalue weighted by Crippen LogP contribution is -2.13. The highest BCUT2D eigenvalue weighted by Gasteiger charge is 2.16. The zero-order valence-corrected chi connectivity index (χ0v) is 11.5. The number of amides is 1. The van der Waals surface area contributed by atoms with Crippen LogP contribution in [0.4, 0.5) is 14.5 Å². The second kappa shape index (κ2) is 6.47. The molecule has 104 valence electrons. The predicted molar refractivity (Wildman–Crippen MR) is 75.2 cm³/mol. The molecule has 0 bridgehead atoms. The first-order chi connectivity index (χ1) is 9.56. The van der Waals surface area contributed by atoms with Gasteiger partial charge in [0, 0.05) is 11.9 Å². The summed E-state index contributed by atoms with van der Waals surface area (Å²) in [5, 5.41) is 2.68. The minimum atomic E-state index is -2.61. The number of aromatic nitrogens is 1. The SMILES string of the molecule is Cc1ccc(NC(=O)c2cccnc2SC(F)F)cc1. The standard InChI is InChI=1S/C14H12F2N2OS/c1-9-4-6-10(7-5-9)18-12(19)11-3-2-8-17-13(11)20-14(15)16/h2-8,14H,1H3,(H,18,19). The van der Waals surface area contributed by atoms with Crippen LogP contribution < -0.4 is 5.32 Å². The van der Waals surface area contributed by atoms with Gasteiger partial charge >= 0.3 is 0 Å². The number of hydrogen-bond donors (Lipinski definition) is 1. The Morgan fingerprint density at radius 1 is 1.25 bits per heavy atom. The lowest BCUT2D eigenvalue weighted by Gasteiger charge is -2.08. The first-order valence-corrected chi connectivity index (χ1v) is 6.72. The molecule has 20 heavy (non-hydrogen) atoms. The number of halogens is 2. The van der Waals surface area contributed by atoms with Crippen LogP contribution in [0.5, 0.6) is 0 Å². The number of thioether (sulfide) groups is 1. The number of benzene rings is 1. The van der Waals surface area contributed by atoms with Crippen LogP contribution in [-0.4, -0.2) is 16.6 Å². The van der Waals surface area contributed by atoms with E-state index in [2.05, 4.69) is 10.3 Å². The Morgan fingerprint density at radius 2 is 1.95 bits per heavy atom. The zero-order chi connectivity index (χ0) is 14.5. The molecule has 0 radical (unpaired) electrons. The lowest BCUT2D eigenvalue weighted by molar-refractivity contribution is 0.102. The van der Waals surface area contributed by atoms with Gasteiger partial charge in [-0.05, 0) is 43.0 Å². The van der Waals surface area contributed by atoms with Crippen LogP contribution in [0, 0.1) is 6.92 Å². The fourth-order valence-electron chi connectivity index (χ4n) is 1.58. The molecule has 6 heteroatoms. The van der Waals surface area contributed by atoms with E-state index in [1.165, 1.54) is 12.3 Å². The molecule has 0 atom stereocenters. The van der Waals surface area contributed by atoms with Gasteiger partial charge in [0.1, 0.15) is 5.03 Å². The maximum atomic E-state index is 12.4. The fraction of sp³-hybridized carbons (Fsp3) is 0.143. The molecule has 1 heterocycles. The maximum absolute atomic E-state index is 12.4. The van der Waals surface area contributed by atoms with Gasteiger partial charge in [-0.2, -0.15) is 8.78 Å². The van der Waals surface area contributed by atoms with E-state index in [4.69, 9.17) is 0 Å². The second-order valence-electron chi connectivity index (χ2n) is 4.05. The first-order valence-electron chi connectivity index (χ1n) is 5.84. The molecule has 1 aromatic heterocycles. The Labute approximate surface area is 119 Å². The molecule has 0 saturated heterocycles. The van der Waals surface area contributed by atoms with Gasteiger partial charge in [0.2, 0.25) is 0 Å². The van der Waals surface area contributed by atoms with Crippen LogP contribution >= 0.6 is 11.8 Å². The number of hydrogen-bond acceptors (Lipinski definition) is 3. The van der Waals surface area contributed by atoms with Crippen LogP contribution in [0.3, 0.4) is 0 Å². The lowest BCUT2D eigenvalue weighted by atomic mass is 10.2. The third-order valence-electron chi connectivity index (χ3n) is 2.53. The Kier molecular flexibility index (Phi) is 4.68. The molecule has 2 aromatic rings. The van der Waals surface area contributed by atoms with E-state index >= 15 is 0 Å². The molecule has 2 rings (SSSR count). The number of carbonyl (C=O) groups is 1. The minimum Gasteiger partial charge on any atom is -0.322 e. The van der Waals surface area contributed by atoms with Gasteiger partial charge in [-0.25, -0.2) is 4.98 Å². The summed E-state index contributed by atoms with van der Waals surface area (Å²) in [5.41, 5.74) is 1.81. The van der Waals surface area contributed by atoms with Crippen molar-refractivity contribution in [2.45, 2.75) is 17.7 Å². The highest BCUT2D eigenvalue weighted by molar-refractivity contribution is 7.99. The molecule has 0 aliphatic carbocycles. The molecule has 0 aliphatic rings. The topological polar surface area (TPSA) is 42.0 Å². The van der Waals surface area contributed by atoms with Gasteiger partial charge in [0.15, 0.2) is 0 Å². The average molecular weight is 294 g/mol. The van der Waals surface area contributed by atoms with Gasteiger partial charge in [-0.3, -0.25) is 4.79 Å². The summed E-state index contributed by atoms with van der Waals surface area (Å²) in [5.74, 6) is -3.07. The Bertz CT molecular complexity index is 602. The number of pyridine rings is 1. The summed E-state index contributed by atoms with van der Waals surface area (Å²) < 4.78 is 24.9. The second-order valence-corrected chi connectivity index (χ2v) is 5.03. The molecule has 0 spiro atoms. The monoisotopic (exact) mass is 294 g/mol. The smallest absolute Gasteiger partial charge is 0.290 e. The number of carbonyl (C=O) groups excluding carboxylic acids is 1. The van der Waals surface area contributed by atoms with Crippen molar-refractivity contribution in [2.24, 2.45) is 0 Å². The van der Waals surface area contributed by atoms with Gasteiger partial charge in [-0.1, -0.05) is 17.7 Å². The normalized spacial score (nSPS) is 10.6. The van der Waals surface area contributed by atoms with E-state index in [9.17, 15) is 13.6 Å². The van der Waals surface area contributed by atoms with E-state index in [-0.39, 0.29) is 22.4 Å². The molecule has 1 aromatic carbocycles. The van der Waals surface area contributed by atoms with E-state index < -0.39 is 11.7 Å². The quantitative estimate of drug-likeness (QED) is 0.868. The van der Waals surface area contributed by atoms with Crippen molar-refractivity contribution in [1.29, 1.82) is 0 Å². The van der Waals surface area contributed by atoms with Crippen molar-refractivity contribution >= 4 is 23.4 Å². The van der Waals surface area contributed by atoms with Crippen molar-refractivity contribution in [3.63, 3.8) is 0 Å². The van der Waals surface area contributed by atoms with Crippen molar-refractivity contribution in [3.8, 4) is 0 Å². The van der Waals surface area contributed by atoms with Crippen LogP contribution in [0.25, 0.3) is 0 Å². The fourth-order valence-corrected chi connectivity index (χ4v) is 2.16. The largest absolute Gasteiger partial charge is 0.322 e. The summed E-state index contributed by atoms with van der Waals surface area (Å²) in [6, 6.07) is 10.2. The van der Waals surface area contributed by atoms with Crippen molar-refractivity contribution < 1.29 is 13.6 Å². The number of nitrogens with zero attached hydrogens (tertiary/aromatic N) is 1. The summed E-state index contributed by atoms with van der Waals surface area (Å²) in [4.78, 5) is 15.9. The van der Waals surface area contributed by atoms with Crippen LogP contribution in [0.1, 0.15) is 15.9 Å². The third kappa shape index (κ3) is 3.77. The zero-order valence-electron chi connectivity index (χ0n) is 10.6. The summed E-state index contributed by atoms with van der Waals surface area (Å²) >= 11 is 0.261. The number of nitrogens with one attached hydrogen (secondary N) is 1. The first kappa shape index (κ1) is 14.5. The van der Waals surface area contributed by atoms with Crippen LogP contribution in [0.15, 0.2) is 47.6 Å². The minimum absolute atomic E-state index is 0.0205. The van der Waals surface area contributed by atoms with Gasteiger partial charge in [0.05, 0.1) is 5.56 Å². The third-order valence-corrected chi connectivity index (χ3v) is 3.25. The molecule has 1 N–H and O–H groups in total. The maximum Gasteiger partial charge on any atom is 0.290 e. The highest BCUT2D eigenvalue weighted by atomic mass is 32.2.